The van der Waals surface area contributed by atoms with Gasteiger partial charge in [0.05, 0.1) is 23.1 Å². The van der Waals surface area contributed by atoms with Gasteiger partial charge in [-0.15, -0.1) is 5.06 Å². The third-order valence-electron chi connectivity index (χ3n) is 5.37. The molecule has 2 aromatic rings. The number of benzene rings is 2. The Kier molecular flexibility index (Phi) is 7.79. The molecule has 1 saturated heterocycles. The van der Waals surface area contributed by atoms with Crippen molar-refractivity contribution in [3.63, 3.8) is 0 Å². The molecule has 3 rings (SSSR count). The zero-order valence-electron chi connectivity index (χ0n) is 19.1. The van der Waals surface area contributed by atoms with Gasteiger partial charge in [-0.05, 0) is 61.7 Å². The maximum atomic E-state index is 13.3. The van der Waals surface area contributed by atoms with E-state index < -0.39 is 55.5 Å². The number of carbonyl (C=O) groups excluding carboxylic acids is 2. The fourth-order valence-electron chi connectivity index (χ4n) is 3.54. The minimum absolute atomic E-state index is 0.00364. The summed E-state index contributed by atoms with van der Waals surface area (Å²) in [5.41, 5.74) is -7.80. The number of hydroxylamine groups is 2. The molecule has 1 aliphatic rings. The summed E-state index contributed by atoms with van der Waals surface area (Å²) < 4.78 is 113. The first kappa shape index (κ1) is 28.2. The van der Waals surface area contributed by atoms with Crippen molar-refractivity contribution in [2.75, 3.05) is 13.7 Å². The molecule has 2 aromatic carbocycles. The Bertz CT molecular complexity index is 1310. The molecule has 0 N–H and O–H groups in total. The zero-order valence-corrected chi connectivity index (χ0v) is 20.0. The van der Waals surface area contributed by atoms with Crippen molar-refractivity contribution in [3.8, 4) is 11.5 Å². The Morgan fingerprint density at radius 3 is 2.27 bits per heavy atom. The molecule has 0 bridgehead atoms. The molecule has 1 aliphatic heterocycles. The molecule has 1 fully saturated rings. The van der Waals surface area contributed by atoms with Crippen LogP contribution in [0.25, 0.3) is 0 Å². The van der Waals surface area contributed by atoms with Crippen LogP contribution in [0.3, 0.4) is 0 Å². The Balaban J connectivity index is 2.01. The zero-order chi connectivity index (χ0) is 27.8. The summed E-state index contributed by atoms with van der Waals surface area (Å²) >= 11 is 0. The number of sulfone groups is 1. The average Bonchev–Trinajstić information content (AvgIpc) is 3.26. The van der Waals surface area contributed by atoms with E-state index in [4.69, 9.17) is 9.57 Å². The van der Waals surface area contributed by atoms with E-state index in [0.717, 1.165) is 30.4 Å². The van der Waals surface area contributed by atoms with Crippen LogP contribution in [0.15, 0.2) is 41.3 Å². The molecule has 0 spiro atoms. The van der Waals surface area contributed by atoms with Gasteiger partial charge in [-0.3, -0.25) is 4.79 Å². The van der Waals surface area contributed by atoms with E-state index in [9.17, 15) is 44.3 Å². The molecule has 0 saturated carbocycles. The second-order valence-electron chi connectivity index (χ2n) is 7.89. The number of esters is 1. The van der Waals surface area contributed by atoms with Crippen LogP contribution in [0.1, 0.15) is 34.3 Å². The molecule has 8 nitrogen and oxygen atoms in total. The van der Waals surface area contributed by atoms with Crippen LogP contribution < -0.4 is 4.74 Å². The number of alkyl halides is 6. The van der Waals surface area contributed by atoms with Gasteiger partial charge in [-0.2, -0.15) is 26.3 Å². The molecule has 202 valence electrons. The Labute approximate surface area is 206 Å². The van der Waals surface area contributed by atoms with Gasteiger partial charge in [0.25, 0.3) is 9.84 Å². The number of hydrogen-bond acceptors (Lipinski definition) is 8. The first-order valence-corrected chi connectivity index (χ1v) is 11.9. The molecule has 0 amide bonds. The van der Waals surface area contributed by atoms with Crippen molar-refractivity contribution in [2.24, 2.45) is 0 Å². The van der Waals surface area contributed by atoms with Gasteiger partial charge < -0.3 is 14.3 Å². The summed E-state index contributed by atoms with van der Waals surface area (Å²) in [5.74, 6) is -2.80. The molecule has 1 atom stereocenters. The van der Waals surface area contributed by atoms with Crippen molar-refractivity contribution >= 4 is 21.8 Å². The van der Waals surface area contributed by atoms with E-state index in [0.29, 0.717) is 24.6 Å². The topological polar surface area (TPSA) is 99.2 Å². The molecule has 0 radical (unpaired) electrons. The van der Waals surface area contributed by atoms with Gasteiger partial charge in [-0.1, -0.05) is 0 Å². The maximum absolute atomic E-state index is 13.3. The van der Waals surface area contributed by atoms with Crippen LogP contribution in [0.4, 0.5) is 26.3 Å². The highest BCUT2D eigenvalue weighted by atomic mass is 32.2. The smallest absolute Gasteiger partial charge is 0.468 e. The van der Waals surface area contributed by atoms with Gasteiger partial charge in [0.2, 0.25) is 0 Å². The van der Waals surface area contributed by atoms with Crippen molar-refractivity contribution in [1.29, 1.82) is 0 Å². The van der Waals surface area contributed by atoms with E-state index in [1.807, 2.05) is 0 Å². The minimum Gasteiger partial charge on any atom is -0.468 e. The molecule has 1 unspecified atom stereocenters. The van der Waals surface area contributed by atoms with Crippen molar-refractivity contribution in [2.45, 2.75) is 42.4 Å². The molecular weight excluding hydrogens is 536 g/mol. The first-order valence-electron chi connectivity index (χ1n) is 10.4. The Morgan fingerprint density at radius 1 is 1.03 bits per heavy atom. The van der Waals surface area contributed by atoms with Gasteiger partial charge in [0.15, 0.2) is 0 Å². The fraction of sp³-hybridized carbons (Fsp3) is 0.364. The van der Waals surface area contributed by atoms with Crippen LogP contribution in [0.2, 0.25) is 0 Å². The lowest BCUT2D eigenvalue weighted by Crippen LogP contribution is -2.38. The highest BCUT2D eigenvalue weighted by Crippen LogP contribution is 2.37. The molecule has 15 heteroatoms. The summed E-state index contributed by atoms with van der Waals surface area (Å²) in [6, 6.07) is 3.32. The predicted octanol–water partition coefficient (Wildman–Crippen LogP) is 4.81. The SMILES string of the molecule is COC(=O)C1CCCN1OC(=O)c1cc(Oc2ccc(C(F)(F)F)cc2C)ccc1S(=O)(=O)C(F)(F)F. The largest absolute Gasteiger partial charge is 0.501 e. The number of rotatable bonds is 6. The summed E-state index contributed by atoms with van der Waals surface area (Å²) in [6.45, 7) is 1.30. The second-order valence-corrected chi connectivity index (χ2v) is 9.80. The normalized spacial score (nSPS) is 16.9. The van der Waals surface area contributed by atoms with Crippen molar-refractivity contribution in [1.82, 2.24) is 5.06 Å². The molecule has 1 heterocycles. The van der Waals surface area contributed by atoms with E-state index in [1.165, 1.54) is 6.92 Å². The monoisotopic (exact) mass is 555 g/mol. The highest BCUT2D eigenvalue weighted by molar-refractivity contribution is 7.92. The third-order valence-corrected chi connectivity index (χ3v) is 6.92. The van der Waals surface area contributed by atoms with Gasteiger partial charge in [-0.25, -0.2) is 13.2 Å². The number of aryl methyl sites for hydroxylation is 1. The second kappa shape index (κ2) is 10.2. The van der Waals surface area contributed by atoms with Crippen molar-refractivity contribution in [3.05, 3.63) is 53.1 Å². The molecular formula is C22H19F6NO7S. The summed E-state index contributed by atoms with van der Waals surface area (Å²) in [6.07, 6.45) is -4.05. The first-order chi connectivity index (χ1) is 17.1. The number of methoxy groups -OCH3 is 1. The van der Waals surface area contributed by atoms with E-state index >= 15 is 0 Å². The van der Waals surface area contributed by atoms with Crippen LogP contribution in [0.5, 0.6) is 11.5 Å². The lowest BCUT2D eigenvalue weighted by Gasteiger charge is -2.22. The molecule has 0 aliphatic carbocycles. The standard InChI is InChI=1S/C22H19F6NO7S/c1-12-10-13(21(23,24)25)5-7-17(12)35-14-6-8-18(37(32,33)22(26,27)28)15(11-14)19(30)36-29-9-3-4-16(29)20(31)34-2/h5-8,10-11,16H,3-4,9H2,1-2H3. The Morgan fingerprint density at radius 2 is 1.70 bits per heavy atom. The van der Waals surface area contributed by atoms with Gasteiger partial charge in [0.1, 0.15) is 17.5 Å². The number of halogens is 6. The number of hydrogen-bond donors (Lipinski definition) is 0. The number of carbonyl (C=O) groups is 2. The Hall–Kier alpha value is -3.33. The summed E-state index contributed by atoms with van der Waals surface area (Å²) in [5, 5.41) is 0.867. The number of ether oxygens (including phenoxy) is 2. The predicted molar refractivity (Wildman–Crippen MR) is 113 cm³/mol. The number of nitrogens with zero attached hydrogens (tertiary/aromatic N) is 1. The minimum atomic E-state index is -6.03. The summed E-state index contributed by atoms with van der Waals surface area (Å²) in [4.78, 5) is 28.3. The lowest BCUT2D eigenvalue weighted by atomic mass is 10.1. The van der Waals surface area contributed by atoms with Crippen LogP contribution >= 0.6 is 0 Å². The van der Waals surface area contributed by atoms with Crippen LogP contribution in [0, 0.1) is 6.92 Å². The molecule has 0 aromatic heterocycles. The average molecular weight is 555 g/mol. The lowest BCUT2D eigenvalue weighted by molar-refractivity contribution is -0.166. The van der Waals surface area contributed by atoms with Gasteiger partial charge in [0, 0.05) is 6.54 Å². The highest BCUT2D eigenvalue weighted by Gasteiger charge is 2.49. The summed E-state index contributed by atoms with van der Waals surface area (Å²) in [7, 11) is -4.95. The van der Waals surface area contributed by atoms with Crippen LogP contribution in [-0.2, 0) is 30.4 Å². The van der Waals surface area contributed by atoms with Crippen molar-refractivity contribution < 1.29 is 58.7 Å². The molecule has 37 heavy (non-hydrogen) atoms. The maximum Gasteiger partial charge on any atom is 0.501 e. The van der Waals surface area contributed by atoms with E-state index in [2.05, 4.69) is 4.74 Å². The van der Waals surface area contributed by atoms with Gasteiger partial charge >= 0.3 is 23.6 Å². The fourth-order valence-corrected chi connectivity index (χ4v) is 4.46. The third kappa shape index (κ3) is 5.98. The van der Waals surface area contributed by atoms with E-state index in [-0.39, 0.29) is 30.0 Å². The van der Waals surface area contributed by atoms with Crippen LogP contribution in [-0.4, -0.2) is 50.6 Å². The quantitative estimate of drug-likeness (QED) is 0.370. The van der Waals surface area contributed by atoms with E-state index in [1.54, 1.807) is 0 Å².